The number of halogens is 3. The number of hydrogen-bond acceptors (Lipinski definition) is 6. The Bertz CT molecular complexity index is 1290. The lowest BCUT2D eigenvalue weighted by Gasteiger charge is -2.25. The van der Waals surface area contributed by atoms with Gasteiger partial charge in [-0.2, -0.15) is 0 Å². The van der Waals surface area contributed by atoms with Crippen LogP contribution in [0, 0.1) is 0 Å². The van der Waals surface area contributed by atoms with Gasteiger partial charge in [0.25, 0.3) is 11.7 Å². The Kier molecular flexibility index (Phi) is 6.46. The first-order chi connectivity index (χ1) is 16.7. The van der Waals surface area contributed by atoms with Gasteiger partial charge in [-0.15, -0.1) is 13.2 Å². The molecule has 2 aromatic carbocycles. The van der Waals surface area contributed by atoms with Crippen LogP contribution in [0.1, 0.15) is 24.2 Å². The minimum atomic E-state index is -4.95. The molecule has 0 saturated carbocycles. The number of nitrogens with zero attached hydrogens (tertiary/aromatic N) is 2. The van der Waals surface area contributed by atoms with E-state index in [-0.39, 0.29) is 22.5 Å². The smallest absolute Gasteiger partial charge is 0.507 e. The van der Waals surface area contributed by atoms with Crippen LogP contribution < -0.4 is 14.4 Å². The number of Topliss-reactive ketones (excluding diaryl/α,β-unsaturated/α-hetero) is 1. The third-order valence-electron chi connectivity index (χ3n) is 5.16. The summed E-state index contributed by atoms with van der Waals surface area (Å²) in [5.74, 6) is -2.64. The number of rotatable bonds is 6. The quantitative estimate of drug-likeness (QED) is 0.301. The molecule has 0 bridgehead atoms. The van der Waals surface area contributed by atoms with Gasteiger partial charge in [0.15, 0.2) is 0 Å². The largest absolute Gasteiger partial charge is 0.573 e. The van der Waals surface area contributed by atoms with Crippen molar-refractivity contribution in [3.63, 3.8) is 0 Å². The van der Waals surface area contributed by atoms with Crippen LogP contribution in [0.4, 0.5) is 18.9 Å². The lowest BCUT2D eigenvalue weighted by Crippen LogP contribution is -2.30. The molecular formula is C25H19F3N2O5. The molecule has 1 amide bonds. The molecule has 2 heterocycles. The van der Waals surface area contributed by atoms with Gasteiger partial charge in [0.2, 0.25) is 0 Å². The molecule has 4 rings (SSSR count). The third kappa shape index (κ3) is 4.96. The first kappa shape index (κ1) is 23.8. The van der Waals surface area contributed by atoms with Gasteiger partial charge < -0.3 is 14.6 Å². The van der Waals surface area contributed by atoms with Gasteiger partial charge in [-0.25, -0.2) is 0 Å². The number of aliphatic hydroxyl groups is 1. The number of ketones is 1. The first-order valence-corrected chi connectivity index (χ1v) is 10.5. The maximum Gasteiger partial charge on any atom is 0.573 e. The molecule has 1 aliphatic heterocycles. The zero-order valence-corrected chi connectivity index (χ0v) is 18.3. The van der Waals surface area contributed by atoms with Crippen molar-refractivity contribution in [2.45, 2.75) is 19.3 Å². The van der Waals surface area contributed by atoms with E-state index >= 15 is 0 Å². The molecule has 1 saturated heterocycles. The van der Waals surface area contributed by atoms with E-state index in [4.69, 9.17) is 4.74 Å². The summed E-state index contributed by atoms with van der Waals surface area (Å²) in [6, 6.07) is 14.6. The van der Waals surface area contributed by atoms with E-state index in [0.29, 0.717) is 12.4 Å². The van der Waals surface area contributed by atoms with Gasteiger partial charge in [-0.3, -0.25) is 19.5 Å². The molecule has 0 radical (unpaired) electrons. The molecule has 0 spiro atoms. The number of aromatic nitrogens is 1. The van der Waals surface area contributed by atoms with Crippen molar-refractivity contribution in [1.29, 1.82) is 0 Å². The highest BCUT2D eigenvalue weighted by atomic mass is 19.4. The van der Waals surface area contributed by atoms with Crippen molar-refractivity contribution >= 4 is 23.1 Å². The highest BCUT2D eigenvalue weighted by Crippen LogP contribution is 2.42. The molecular weight excluding hydrogens is 465 g/mol. The van der Waals surface area contributed by atoms with Crippen molar-refractivity contribution in [1.82, 2.24) is 4.98 Å². The van der Waals surface area contributed by atoms with Crippen LogP contribution in [0.5, 0.6) is 11.5 Å². The maximum atomic E-state index is 13.1. The van der Waals surface area contributed by atoms with Gasteiger partial charge in [-0.05, 0) is 43.3 Å². The second-order valence-corrected chi connectivity index (χ2v) is 7.43. The molecule has 7 nitrogen and oxygen atoms in total. The monoisotopic (exact) mass is 484 g/mol. The number of benzene rings is 2. The van der Waals surface area contributed by atoms with E-state index in [1.165, 1.54) is 24.4 Å². The molecule has 0 aliphatic carbocycles. The van der Waals surface area contributed by atoms with Gasteiger partial charge in [-0.1, -0.05) is 24.3 Å². The maximum absolute atomic E-state index is 13.1. The zero-order chi connectivity index (χ0) is 25.2. The minimum Gasteiger partial charge on any atom is -0.507 e. The summed E-state index contributed by atoms with van der Waals surface area (Å²) in [5.41, 5.74) is 0.163. The van der Waals surface area contributed by atoms with Crippen LogP contribution >= 0.6 is 0 Å². The average Bonchev–Trinajstić information content (AvgIpc) is 3.09. The molecule has 1 fully saturated rings. The van der Waals surface area contributed by atoms with Gasteiger partial charge in [0.1, 0.15) is 23.3 Å². The van der Waals surface area contributed by atoms with E-state index in [1.54, 1.807) is 43.3 Å². The molecule has 3 aromatic rings. The van der Waals surface area contributed by atoms with E-state index in [9.17, 15) is 27.9 Å². The highest BCUT2D eigenvalue weighted by Gasteiger charge is 2.47. The van der Waals surface area contributed by atoms with Crippen molar-refractivity contribution < 1.29 is 37.3 Å². The normalized spacial score (nSPS) is 17.5. The highest BCUT2D eigenvalue weighted by molar-refractivity contribution is 6.51. The number of pyridine rings is 1. The van der Waals surface area contributed by atoms with E-state index < -0.39 is 35.6 Å². The number of alkyl halides is 3. The summed E-state index contributed by atoms with van der Waals surface area (Å²) < 4.78 is 47.7. The molecule has 1 N–H and O–H groups in total. The molecule has 10 heteroatoms. The van der Waals surface area contributed by atoms with Crippen molar-refractivity contribution in [2.24, 2.45) is 0 Å². The van der Waals surface area contributed by atoms with Crippen LogP contribution in [0.25, 0.3) is 5.76 Å². The van der Waals surface area contributed by atoms with Crippen LogP contribution in [0.15, 0.2) is 78.5 Å². The fourth-order valence-electron chi connectivity index (χ4n) is 3.80. The van der Waals surface area contributed by atoms with Crippen LogP contribution in [0.2, 0.25) is 0 Å². The summed E-state index contributed by atoms with van der Waals surface area (Å²) >= 11 is 0. The Balaban J connectivity index is 1.87. The number of carbonyl (C=O) groups excluding carboxylic acids is 2. The van der Waals surface area contributed by atoms with Gasteiger partial charge in [0.05, 0.1) is 17.9 Å². The lowest BCUT2D eigenvalue weighted by molar-refractivity contribution is -0.274. The minimum absolute atomic E-state index is 0.0355. The number of aliphatic hydroxyl groups excluding tert-OH is 1. The van der Waals surface area contributed by atoms with Crippen molar-refractivity contribution in [3.8, 4) is 11.5 Å². The van der Waals surface area contributed by atoms with E-state index in [2.05, 4.69) is 9.72 Å². The fourth-order valence-corrected chi connectivity index (χ4v) is 3.80. The number of amides is 1. The summed E-state index contributed by atoms with van der Waals surface area (Å²) in [6.07, 6.45) is -3.51. The number of anilines is 1. The molecule has 35 heavy (non-hydrogen) atoms. The van der Waals surface area contributed by atoms with Crippen LogP contribution in [-0.4, -0.2) is 34.8 Å². The predicted molar refractivity (Wildman–Crippen MR) is 120 cm³/mol. The van der Waals surface area contributed by atoms with Crippen molar-refractivity contribution in [3.05, 3.63) is 89.8 Å². The number of carbonyl (C=O) groups is 2. The Hall–Kier alpha value is -4.34. The van der Waals surface area contributed by atoms with E-state index in [0.717, 1.165) is 17.0 Å². The zero-order valence-electron chi connectivity index (χ0n) is 18.3. The third-order valence-corrected chi connectivity index (χ3v) is 5.16. The fraction of sp³-hybridized carbons (Fsp3) is 0.160. The number of hydrogen-bond donors (Lipinski definition) is 1. The Morgan fingerprint density at radius 3 is 2.46 bits per heavy atom. The predicted octanol–water partition coefficient (Wildman–Crippen LogP) is 5.01. The average molecular weight is 484 g/mol. The second-order valence-electron chi connectivity index (χ2n) is 7.43. The van der Waals surface area contributed by atoms with Crippen molar-refractivity contribution in [2.75, 3.05) is 11.5 Å². The van der Waals surface area contributed by atoms with Gasteiger partial charge >= 0.3 is 6.36 Å². The SMILES string of the molecule is CCOc1cccc(/C(O)=C2\C(=O)C(=O)N(c3cccc(OC(F)(F)F)c3)C2c2ccccn2)c1. The Morgan fingerprint density at radius 1 is 1.03 bits per heavy atom. The Labute approximate surface area is 198 Å². The standard InChI is InChI=1S/C25H19F3N2O5/c1-2-34-17-9-5-7-15(13-17)22(31)20-21(19-11-3-4-12-29-19)30(24(33)23(20)32)16-8-6-10-18(14-16)35-25(26,27)28/h3-14,21,31H,2H2,1H3/b22-20+. The summed E-state index contributed by atoms with van der Waals surface area (Å²) in [5, 5.41) is 11.1. The molecule has 1 atom stereocenters. The summed E-state index contributed by atoms with van der Waals surface area (Å²) in [7, 11) is 0. The molecule has 1 aliphatic rings. The van der Waals surface area contributed by atoms with Gasteiger partial charge in [0, 0.05) is 23.5 Å². The summed E-state index contributed by atoms with van der Waals surface area (Å²) in [4.78, 5) is 31.5. The lowest BCUT2D eigenvalue weighted by atomic mass is 9.98. The summed E-state index contributed by atoms with van der Waals surface area (Å²) in [6.45, 7) is 2.16. The van der Waals surface area contributed by atoms with E-state index in [1.807, 2.05) is 0 Å². The molecule has 1 unspecified atom stereocenters. The Morgan fingerprint density at radius 2 is 1.77 bits per heavy atom. The number of ether oxygens (including phenoxy) is 2. The first-order valence-electron chi connectivity index (χ1n) is 10.5. The second kappa shape index (κ2) is 9.49. The molecule has 1 aromatic heterocycles. The molecule has 180 valence electrons. The topological polar surface area (TPSA) is 89.0 Å². The van der Waals surface area contributed by atoms with Crippen LogP contribution in [-0.2, 0) is 9.59 Å². The van der Waals surface area contributed by atoms with Crippen LogP contribution in [0.3, 0.4) is 0 Å².